The van der Waals surface area contributed by atoms with Crippen LogP contribution in [0.5, 0.6) is 11.5 Å². The molecule has 0 amide bonds. The Balaban J connectivity index is 2.00. The van der Waals surface area contributed by atoms with Crippen LogP contribution in [0.15, 0.2) is 41.9 Å². The molecular weight excluding hydrogens is 276 g/mol. The van der Waals surface area contributed by atoms with Gasteiger partial charge in [0.25, 0.3) is 0 Å². The molecule has 3 atom stereocenters. The summed E-state index contributed by atoms with van der Waals surface area (Å²) >= 11 is 0. The van der Waals surface area contributed by atoms with Crippen molar-refractivity contribution in [2.75, 3.05) is 0 Å². The smallest absolute Gasteiger partial charge is 0.157 e. The van der Waals surface area contributed by atoms with Crippen molar-refractivity contribution in [1.29, 1.82) is 0 Å². The third-order valence-electron chi connectivity index (χ3n) is 3.47. The summed E-state index contributed by atoms with van der Waals surface area (Å²) in [5.41, 5.74) is 0.616. The second-order valence-electron chi connectivity index (χ2n) is 5.17. The zero-order valence-corrected chi connectivity index (χ0v) is 11.2. The average molecular weight is 294 g/mol. The van der Waals surface area contributed by atoms with Gasteiger partial charge < -0.3 is 30.6 Å². The molecule has 2 rings (SSSR count). The predicted octanol–water partition coefficient (Wildman–Crippen LogP) is 1.27. The lowest BCUT2D eigenvalue weighted by Gasteiger charge is -2.25. The van der Waals surface area contributed by atoms with Crippen LogP contribution in [0.2, 0.25) is 0 Å². The summed E-state index contributed by atoms with van der Waals surface area (Å²) in [6, 6.07) is 4.24. The van der Waals surface area contributed by atoms with Gasteiger partial charge in [-0.2, -0.15) is 0 Å². The van der Waals surface area contributed by atoms with Crippen molar-refractivity contribution < 1.29 is 30.6 Å². The van der Waals surface area contributed by atoms with Gasteiger partial charge >= 0.3 is 0 Å². The summed E-state index contributed by atoms with van der Waals surface area (Å²) in [7, 11) is 0. The van der Waals surface area contributed by atoms with Gasteiger partial charge in [-0.15, -0.1) is 0 Å². The van der Waals surface area contributed by atoms with Gasteiger partial charge in [0.05, 0.1) is 12.2 Å². The Bertz CT molecular complexity index is 578. The number of hydrogen-bond acceptors (Lipinski definition) is 6. The van der Waals surface area contributed by atoms with Crippen molar-refractivity contribution in [3.8, 4) is 11.5 Å². The Morgan fingerprint density at radius 1 is 1.05 bits per heavy atom. The number of aliphatic hydroxyl groups is 4. The Hall–Kier alpha value is -2.18. The second kappa shape index (κ2) is 6.07. The van der Waals surface area contributed by atoms with Crippen LogP contribution in [0.1, 0.15) is 12.0 Å². The molecule has 0 bridgehead atoms. The molecule has 1 aliphatic rings. The van der Waals surface area contributed by atoms with Gasteiger partial charge in [-0.1, -0.05) is 6.07 Å². The molecule has 0 spiro atoms. The Kier molecular flexibility index (Phi) is 4.40. The van der Waals surface area contributed by atoms with E-state index in [1.165, 1.54) is 18.2 Å². The molecule has 0 saturated carbocycles. The maximum absolute atomic E-state index is 10.0. The fourth-order valence-electron chi connectivity index (χ4n) is 2.38. The van der Waals surface area contributed by atoms with Gasteiger partial charge in [0.15, 0.2) is 11.5 Å². The summed E-state index contributed by atoms with van der Waals surface area (Å²) in [4.78, 5) is 0. The molecule has 114 valence electrons. The highest BCUT2D eigenvalue weighted by Crippen LogP contribution is 2.29. The van der Waals surface area contributed by atoms with Crippen molar-refractivity contribution in [3.63, 3.8) is 0 Å². The molecule has 1 aliphatic carbocycles. The number of benzene rings is 1. The number of phenols is 2. The molecule has 0 unspecified atom stereocenters. The van der Waals surface area contributed by atoms with Crippen molar-refractivity contribution in [3.05, 3.63) is 47.4 Å². The minimum Gasteiger partial charge on any atom is -0.512 e. The third-order valence-corrected chi connectivity index (χ3v) is 3.47. The Morgan fingerprint density at radius 2 is 1.76 bits per heavy atom. The van der Waals surface area contributed by atoms with Crippen LogP contribution in [0.3, 0.4) is 0 Å². The summed E-state index contributed by atoms with van der Waals surface area (Å²) in [6.07, 6.45) is 0.685. The van der Waals surface area contributed by atoms with Crippen molar-refractivity contribution >= 4 is 0 Å². The maximum Gasteiger partial charge on any atom is 0.157 e. The summed E-state index contributed by atoms with van der Waals surface area (Å²) in [5, 5.41) is 57.4. The monoisotopic (exact) mass is 294 g/mol. The first-order valence-electron chi connectivity index (χ1n) is 6.55. The number of aromatic hydroxyl groups is 2. The van der Waals surface area contributed by atoms with Gasteiger partial charge in [-0.25, -0.2) is 0 Å². The lowest BCUT2D eigenvalue weighted by molar-refractivity contribution is 0.0769. The molecule has 1 aromatic carbocycles. The molecule has 0 aliphatic heterocycles. The molecule has 6 heteroatoms. The highest BCUT2D eigenvalue weighted by atomic mass is 16.3. The summed E-state index contributed by atoms with van der Waals surface area (Å²) < 4.78 is 0. The number of hydrogen-bond donors (Lipinski definition) is 6. The molecule has 21 heavy (non-hydrogen) atoms. The lowest BCUT2D eigenvalue weighted by Crippen LogP contribution is -2.28. The van der Waals surface area contributed by atoms with Gasteiger partial charge in [-0.3, -0.25) is 0 Å². The molecular formula is C15H18O6. The van der Waals surface area contributed by atoms with E-state index in [-0.39, 0.29) is 35.9 Å². The number of phenolic OH excluding ortho intramolecular Hbond substituents is 2. The largest absolute Gasteiger partial charge is 0.512 e. The van der Waals surface area contributed by atoms with Gasteiger partial charge in [-0.05, 0) is 36.6 Å². The van der Waals surface area contributed by atoms with Crippen molar-refractivity contribution in [1.82, 2.24) is 0 Å². The first-order chi connectivity index (χ1) is 9.86. The quantitative estimate of drug-likeness (QED) is 0.465. The number of rotatable bonds is 4. The maximum atomic E-state index is 10.0. The fraction of sp³-hybridized carbons (Fsp3) is 0.333. The average Bonchev–Trinajstić information content (AvgIpc) is 2.38. The highest BCUT2D eigenvalue weighted by Gasteiger charge is 2.28. The van der Waals surface area contributed by atoms with Crippen molar-refractivity contribution in [2.45, 2.75) is 25.0 Å². The standard InChI is InChI=1S/C15H18O6/c16-9(3-8-1-2-12(18)15(21)4-8)5-11-13(19)6-10(17)7-14(11)20/h1-2,4,6-7,9,11,13,16-21H,3,5H2/t9-,11+,13-/m0/s1. The first kappa shape index (κ1) is 15.2. The third kappa shape index (κ3) is 3.68. The van der Waals surface area contributed by atoms with Crippen molar-refractivity contribution in [2.24, 2.45) is 5.92 Å². The molecule has 0 heterocycles. The zero-order valence-electron chi connectivity index (χ0n) is 11.2. The summed E-state index contributed by atoms with van der Waals surface area (Å²) in [5.74, 6) is -1.60. The molecule has 1 aromatic rings. The van der Waals surface area contributed by atoms with E-state index in [0.717, 1.165) is 6.08 Å². The van der Waals surface area contributed by atoms with Crippen LogP contribution in [-0.2, 0) is 6.42 Å². The molecule has 0 saturated heterocycles. The molecule has 6 N–H and O–H groups in total. The second-order valence-corrected chi connectivity index (χ2v) is 5.17. The lowest BCUT2D eigenvalue weighted by atomic mass is 9.88. The highest BCUT2D eigenvalue weighted by molar-refractivity contribution is 5.40. The molecule has 0 fully saturated rings. The van der Waals surface area contributed by atoms with E-state index in [0.29, 0.717) is 5.56 Å². The van der Waals surface area contributed by atoms with Crippen LogP contribution >= 0.6 is 0 Å². The number of allylic oxidation sites excluding steroid dienone is 1. The van der Waals surface area contributed by atoms with Crippen LogP contribution in [-0.4, -0.2) is 42.8 Å². The Labute approximate surface area is 121 Å². The SMILES string of the molecule is OC1=C[C@H](O)[C@@H](C[C@@H](O)Cc2ccc(O)c(O)c2)C(O)=C1. The predicted molar refractivity (Wildman–Crippen MR) is 75.0 cm³/mol. The zero-order chi connectivity index (χ0) is 15.6. The van der Waals surface area contributed by atoms with Crippen LogP contribution in [0.4, 0.5) is 0 Å². The van der Waals surface area contributed by atoms with E-state index in [1.807, 2.05) is 0 Å². The van der Waals surface area contributed by atoms with E-state index in [2.05, 4.69) is 0 Å². The van der Waals surface area contributed by atoms with Crippen LogP contribution < -0.4 is 0 Å². The first-order valence-corrected chi connectivity index (χ1v) is 6.55. The Morgan fingerprint density at radius 3 is 2.38 bits per heavy atom. The van der Waals surface area contributed by atoms with E-state index in [4.69, 9.17) is 0 Å². The molecule has 0 aromatic heterocycles. The van der Waals surface area contributed by atoms with E-state index >= 15 is 0 Å². The van der Waals surface area contributed by atoms with Crippen LogP contribution in [0, 0.1) is 5.92 Å². The fourth-order valence-corrected chi connectivity index (χ4v) is 2.38. The van der Waals surface area contributed by atoms with Crippen LogP contribution in [0.25, 0.3) is 0 Å². The van der Waals surface area contributed by atoms with Gasteiger partial charge in [0.2, 0.25) is 0 Å². The van der Waals surface area contributed by atoms with E-state index < -0.39 is 18.1 Å². The van der Waals surface area contributed by atoms with E-state index in [9.17, 15) is 30.6 Å². The van der Waals surface area contributed by atoms with E-state index in [1.54, 1.807) is 6.07 Å². The van der Waals surface area contributed by atoms with Gasteiger partial charge in [0, 0.05) is 12.0 Å². The normalized spacial score (nSPS) is 23.3. The molecule has 0 radical (unpaired) electrons. The minimum absolute atomic E-state index is 0.0922. The minimum atomic E-state index is -1.07. The van der Waals surface area contributed by atoms with Gasteiger partial charge in [0.1, 0.15) is 11.5 Å². The molecule has 6 nitrogen and oxygen atoms in total. The number of aliphatic hydroxyl groups excluding tert-OH is 4. The summed E-state index contributed by atoms with van der Waals surface area (Å²) in [6.45, 7) is 0. The topological polar surface area (TPSA) is 121 Å².